The standard InChI is InChI=1S/C25H33N3O3S/c1-19-9-8-10-22(17-19)28(32(30,31)23-11-6-5-7-12-23)18-24(29)27-26-21-15-13-20(14-16-21)25(2,3)4/h5-12,17,20H,13-16,18H2,1-4H3,(H,27,29). The number of benzene rings is 2. The highest BCUT2D eigenvalue weighted by Gasteiger charge is 2.29. The molecule has 2 aromatic rings. The summed E-state index contributed by atoms with van der Waals surface area (Å²) in [7, 11) is -3.91. The van der Waals surface area contributed by atoms with Gasteiger partial charge in [-0.2, -0.15) is 5.10 Å². The molecule has 0 aliphatic heterocycles. The minimum atomic E-state index is -3.91. The second-order valence-electron chi connectivity index (χ2n) is 9.52. The van der Waals surface area contributed by atoms with Gasteiger partial charge in [0.1, 0.15) is 6.54 Å². The Morgan fingerprint density at radius 1 is 1.06 bits per heavy atom. The Balaban J connectivity index is 1.75. The Bertz CT molecular complexity index is 1060. The van der Waals surface area contributed by atoms with Crippen LogP contribution in [0.1, 0.15) is 52.0 Å². The second-order valence-corrected chi connectivity index (χ2v) is 11.4. The first-order chi connectivity index (χ1) is 15.1. The van der Waals surface area contributed by atoms with Gasteiger partial charge in [0.15, 0.2) is 0 Å². The smallest absolute Gasteiger partial charge is 0.264 e. The van der Waals surface area contributed by atoms with Crippen LogP contribution < -0.4 is 9.73 Å². The minimum Gasteiger partial charge on any atom is -0.271 e. The number of carbonyl (C=O) groups excluding carboxylic acids is 1. The van der Waals surface area contributed by atoms with E-state index in [0.29, 0.717) is 11.6 Å². The van der Waals surface area contributed by atoms with E-state index in [1.165, 1.54) is 12.1 Å². The molecular weight excluding hydrogens is 422 g/mol. The van der Waals surface area contributed by atoms with Gasteiger partial charge in [-0.25, -0.2) is 13.8 Å². The minimum absolute atomic E-state index is 0.140. The van der Waals surface area contributed by atoms with E-state index in [2.05, 4.69) is 31.3 Å². The molecule has 1 N–H and O–H groups in total. The first kappa shape index (κ1) is 24.0. The average molecular weight is 456 g/mol. The van der Waals surface area contributed by atoms with E-state index in [9.17, 15) is 13.2 Å². The van der Waals surface area contributed by atoms with Crippen LogP contribution in [0.3, 0.4) is 0 Å². The largest absolute Gasteiger partial charge is 0.271 e. The highest BCUT2D eigenvalue weighted by molar-refractivity contribution is 7.92. The topological polar surface area (TPSA) is 78.8 Å². The summed E-state index contributed by atoms with van der Waals surface area (Å²) in [6.45, 7) is 8.32. The number of hydrogen-bond acceptors (Lipinski definition) is 4. The first-order valence-electron chi connectivity index (χ1n) is 11.1. The maximum atomic E-state index is 13.3. The SMILES string of the molecule is Cc1cccc(N(CC(=O)NN=C2CCC(C(C)(C)C)CC2)S(=O)(=O)c2ccccc2)c1. The van der Waals surface area contributed by atoms with Gasteiger partial charge in [0.25, 0.3) is 15.9 Å². The summed E-state index contributed by atoms with van der Waals surface area (Å²) in [5.74, 6) is 0.182. The van der Waals surface area contributed by atoms with Crippen LogP contribution in [0.4, 0.5) is 5.69 Å². The predicted molar refractivity (Wildman–Crippen MR) is 129 cm³/mol. The Morgan fingerprint density at radius 3 is 2.31 bits per heavy atom. The van der Waals surface area contributed by atoms with Gasteiger partial charge in [-0.15, -0.1) is 0 Å². The van der Waals surface area contributed by atoms with Gasteiger partial charge in [0.2, 0.25) is 0 Å². The molecule has 0 radical (unpaired) electrons. The molecule has 0 bridgehead atoms. The maximum absolute atomic E-state index is 13.3. The molecule has 0 atom stereocenters. The van der Waals surface area contributed by atoms with E-state index in [1.807, 2.05) is 13.0 Å². The van der Waals surface area contributed by atoms with Crippen molar-refractivity contribution in [2.75, 3.05) is 10.8 Å². The molecule has 7 heteroatoms. The molecule has 6 nitrogen and oxygen atoms in total. The van der Waals surface area contributed by atoms with Crippen molar-refractivity contribution in [1.29, 1.82) is 0 Å². The van der Waals surface area contributed by atoms with E-state index >= 15 is 0 Å². The van der Waals surface area contributed by atoms with Crippen LogP contribution in [0.25, 0.3) is 0 Å². The average Bonchev–Trinajstić information content (AvgIpc) is 2.76. The van der Waals surface area contributed by atoms with Crippen LogP contribution >= 0.6 is 0 Å². The summed E-state index contributed by atoms with van der Waals surface area (Å²) in [5, 5.41) is 4.31. The number of aryl methyl sites for hydroxylation is 1. The quantitative estimate of drug-likeness (QED) is 0.629. The molecule has 32 heavy (non-hydrogen) atoms. The van der Waals surface area contributed by atoms with E-state index in [0.717, 1.165) is 41.3 Å². The van der Waals surface area contributed by atoms with E-state index < -0.39 is 15.9 Å². The van der Waals surface area contributed by atoms with Gasteiger partial charge < -0.3 is 0 Å². The molecule has 3 rings (SSSR count). The van der Waals surface area contributed by atoms with E-state index in [4.69, 9.17) is 0 Å². The molecule has 1 amide bonds. The number of anilines is 1. The molecule has 1 aliphatic rings. The monoisotopic (exact) mass is 455 g/mol. The summed E-state index contributed by atoms with van der Waals surface area (Å²) < 4.78 is 27.8. The summed E-state index contributed by atoms with van der Waals surface area (Å²) in [6.07, 6.45) is 3.81. The lowest BCUT2D eigenvalue weighted by Gasteiger charge is -2.34. The highest BCUT2D eigenvalue weighted by atomic mass is 32.2. The number of hydrazone groups is 1. The Labute approximate surface area is 191 Å². The van der Waals surface area contributed by atoms with Crippen molar-refractivity contribution in [2.45, 2.75) is 58.3 Å². The number of carbonyl (C=O) groups is 1. The van der Waals surface area contributed by atoms with Crippen molar-refractivity contribution in [3.05, 3.63) is 60.2 Å². The van der Waals surface area contributed by atoms with Crippen molar-refractivity contribution in [3.8, 4) is 0 Å². The molecule has 0 heterocycles. The first-order valence-corrected chi connectivity index (χ1v) is 12.5. The zero-order chi connectivity index (χ0) is 23.4. The molecule has 1 aliphatic carbocycles. The third kappa shape index (κ3) is 5.97. The number of amides is 1. The summed E-state index contributed by atoms with van der Waals surface area (Å²) >= 11 is 0. The summed E-state index contributed by atoms with van der Waals surface area (Å²) in [6, 6.07) is 15.3. The number of nitrogens with zero attached hydrogens (tertiary/aromatic N) is 2. The van der Waals surface area contributed by atoms with Crippen molar-refractivity contribution in [1.82, 2.24) is 5.43 Å². The van der Waals surface area contributed by atoms with Crippen LogP contribution in [0.5, 0.6) is 0 Å². The molecule has 0 saturated heterocycles. The molecule has 1 fully saturated rings. The number of nitrogens with one attached hydrogen (secondary N) is 1. The lowest BCUT2D eigenvalue weighted by Crippen LogP contribution is -2.40. The van der Waals surface area contributed by atoms with Gasteiger partial charge in [-0.1, -0.05) is 51.1 Å². The van der Waals surface area contributed by atoms with Gasteiger partial charge in [0.05, 0.1) is 10.6 Å². The lowest BCUT2D eigenvalue weighted by atomic mass is 9.72. The molecule has 2 aromatic carbocycles. The van der Waals surface area contributed by atoms with Crippen molar-refractivity contribution in [2.24, 2.45) is 16.4 Å². The fraction of sp³-hybridized carbons (Fsp3) is 0.440. The lowest BCUT2D eigenvalue weighted by molar-refractivity contribution is -0.119. The van der Waals surface area contributed by atoms with Crippen molar-refractivity contribution < 1.29 is 13.2 Å². The van der Waals surface area contributed by atoms with Crippen molar-refractivity contribution >= 4 is 27.3 Å². The van der Waals surface area contributed by atoms with Gasteiger partial charge in [-0.05, 0) is 73.8 Å². The predicted octanol–water partition coefficient (Wildman–Crippen LogP) is 4.90. The third-order valence-corrected chi connectivity index (χ3v) is 7.82. The fourth-order valence-corrected chi connectivity index (χ4v) is 5.49. The van der Waals surface area contributed by atoms with Crippen LogP contribution in [0.2, 0.25) is 0 Å². The number of rotatable bonds is 6. The zero-order valence-corrected chi connectivity index (χ0v) is 20.2. The normalized spacial score (nSPS) is 17.0. The molecule has 0 unspecified atom stereocenters. The van der Waals surface area contributed by atoms with Gasteiger partial charge in [-0.3, -0.25) is 9.10 Å². The molecule has 0 aromatic heterocycles. The van der Waals surface area contributed by atoms with E-state index in [-0.39, 0.29) is 16.9 Å². The Hall–Kier alpha value is -2.67. The summed E-state index contributed by atoms with van der Waals surface area (Å²) in [5.41, 5.74) is 5.18. The zero-order valence-electron chi connectivity index (χ0n) is 19.3. The fourth-order valence-electron chi connectivity index (χ4n) is 4.05. The number of hydrogen-bond donors (Lipinski definition) is 1. The molecule has 1 saturated carbocycles. The van der Waals surface area contributed by atoms with Crippen LogP contribution in [0.15, 0.2) is 64.6 Å². The van der Waals surface area contributed by atoms with Crippen LogP contribution in [0, 0.1) is 18.3 Å². The molecule has 0 spiro atoms. The van der Waals surface area contributed by atoms with Crippen molar-refractivity contribution in [3.63, 3.8) is 0 Å². The number of sulfonamides is 1. The second kappa shape index (κ2) is 9.86. The van der Waals surface area contributed by atoms with Gasteiger partial charge >= 0.3 is 0 Å². The highest BCUT2D eigenvalue weighted by Crippen LogP contribution is 2.36. The molecular formula is C25H33N3O3S. The van der Waals surface area contributed by atoms with Crippen LogP contribution in [-0.4, -0.2) is 26.6 Å². The third-order valence-electron chi connectivity index (χ3n) is 6.03. The van der Waals surface area contributed by atoms with E-state index in [1.54, 1.807) is 36.4 Å². The molecule has 172 valence electrons. The maximum Gasteiger partial charge on any atom is 0.264 e. The Morgan fingerprint density at radius 2 is 1.72 bits per heavy atom. The van der Waals surface area contributed by atoms with Crippen LogP contribution in [-0.2, 0) is 14.8 Å². The summed E-state index contributed by atoms with van der Waals surface area (Å²) in [4.78, 5) is 12.9. The van der Waals surface area contributed by atoms with Gasteiger partial charge in [0, 0.05) is 5.71 Å². The Kier molecular flexibility index (Phi) is 7.39.